The third-order valence-electron chi connectivity index (χ3n) is 4.31. The molecule has 2 aliphatic rings. The number of carbonyl (C=O) groups excluding carboxylic acids is 1. The number of amides is 1. The van der Waals surface area contributed by atoms with E-state index in [1.54, 1.807) is 0 Å². The highest BCUT2D eigenvalue weighted by atomic mass is 16.2. The lowest BCUT2D eigenvalue weighted by Gasteiger charge is -2.27. The van der Waals surface area contributed by atoms with Gasteiger partial charge in [0.2, 0.25) is 5.91 Å². The van der Waals surface area contributed by atoms with Gasteiger partial charge in [0.1, 0.15) is 6.04 Å². The molecule has 1 amide bonds. The van der Waals surface area contributed by atoms with Gasteiger partial charge < -0.3 is 10.6 Å². The number of anilines is 1. The summed E-state index contributed by atoms with van der Waals surface area (Å²) in [6.07, 6.45) is 3.96. The van der Waals surface area contributed by atoms with Gasteiger partial charge in [-0.05, 0) is 50.3 Å². The van der Waals surface area contributed by atoms with E-state index in [-0.39, 0.29) is 11.9 Å². The zero-order valence-electron chi connectivity index (χ0n) is 11.0. The molecule has 3 nitrogen and oxygen atoms in total. The summed E-state index contributed by atoms with van der Waals surface area (Å²) in [5.41, 5.74) is 4.52. The minimum absolute atomic E-state index is 0.0988. The van der Waals surface area contributed by atoms with Gasteiger partial charge in [0, 0.05) is 11.3 Å². The van der Waals surface area contributed by atoms with Crippen molar-refractivity contribution in [2.75, 3.05) is 11.9 Å². The molecule has 2 N–H and O–H groups in total. The van der Waals surface area contributed by atoms with E-state index in [0.29, 0.717) is 0 Å². The Morgan fingerprint density at radius 1 is 1.28 bits per heavy atom. The third-order valence-corrected chi connectivity index (χ3v) is 4.31. The Bertz CT molecular complexity index is 492. The molecule has 3 heteroatoms. The van der Waals surface area contributed by atoms with Gasteiger partial charge in [0.05, 0.1) is 0 Å². The van der Waals surface area contributed by atoms with E-state index in [4.69, 9.17) is 0 Å². The molecule has 0 aromatic heterocycles. The Morgan fingerprint density at radius 3 is 2.67 bits per heavy atom. The molecule has 3 rings (SSSR count). The molecular formula is C15H20N2O. The predicted octanol–water partition coefficient (Wildman–Crippen LogP) is 2.69. The maximum Gasteiger partial charge on any atom is 0.246 e. The molecule has 1 unspecified atom stereocenters. The molecule has 0 spiro atoms. The number of benzene rings is 1. The molecule has 1 aromatic carbocycles. The van der Waals surface area contributed by atoms with Gasteiger partial charge in [-0.25, -0.2) is 0 Å². The summed E-state index contributed by atoms with van der Waals surface area (Å²) >= 11 is 0. The molecule has 1 fully saturated rings. The number of nitrogens with one attached hydrogen (secondary N) is 2. The Labute approximate surface area is 108 Å². The van der Waals surface area contributed by atoms with Crippen LogP contribution in [0, 0.1) is 19.8 Å². The van der Waals surface area contributed by atoms with Gasteiger partial charge in [-0.1, -0.05) is 18.6 Å². The Kier molecular flexibility index (Phi) is 2.86. The summed E-state index contributed by atoms with van der Waals surface area (Å²) in [5, 5.41) is 6.46. The highest BCUT2D eigenvalue weighted by Gasteiger charge is 2.33. The van der Waals surface area contributed by atoms with Crippen molar-refractivity contribution in [1.82, 2.24) is 5.32 Å². The fourth-order valence-corrected chi connectivity index (χ4v) is 2.87. The molecule has 0 radical (unpaired) electrons. The van der Waals surface area contributed by atoms with Crippen molar-refractivity contribution in [2.45, 2.75) is 39.2 Å². The Morgan fingerprint density at radius 2 is 2.00 bits per heavy atom. The van der Waals surface area contributed by atoms with Crippen LogP contribution in [-0.2, 0) is 4.79 Å². The Balaban J connectivity index is 1.83. The summed E-state index contributed by atoms with van der Waals surface area (Å²) in [4.78, 5) is 12.1. The fourth-order valence-electron chi connectivity index (χ4n) is 2.87. The number of rotatable bonds is 3. The Hall–Kier alpha value is -1.35. The molecule has 1 saturated carbocycles. The largest absolute Gasteiger partial charge is 0.324 e. The van der Waals surface area contributed by atoms with Crippen LogP contribution in [0.2, 0.25) is 0 Å². The smallest absolute Gasteiger partial charge is 0.246 e. The molecular weight excluding hydrogens is 224 g/mol. The molecule has 1 aromatic rings. The second kappa shape index (κ2) is 4.39. The number of fused-ring (bicyclic) bond motifs is 1. The first-order chi connectivity index (χ1) is 8.66. The lowest BCUT2D eigenvalue weighted by Crippen LogP contribution is -2.34. The van der Waals surface area contributed by atoms with E-state index in [1.165, 1.54) is 24.8 Å². The second-order valence-corrected chi connectivity index (χ2v) is 5.62. The van der Waals surface area contributed by atoms with Crippen molar-refractivity contribution in [3.63, 3.8) is 0 Å². The van der Waals surface area contributed by atoms with Crippen LogP contribution in [0.3, 0.4) is 0 Å². The number of hydrogen-bond acceptors (Lipinski definition) is 2. The summed E-state index contributed by atoms with van der Waals surface area (Å²) < 4.78 is 0. The van der Waals surface area contributed by atoms with Crippen molar-refractivity contribution in [1.29, 1.82) is 0 Å². The zero-order valence-corrected chi connectivity index (χ0v) is 11.0. The lowest BCUT2D eigenvalue weighted by molar-refractivity contribution is -0.117. The average molecular weight is 244 g/mol. The van der Waals surface area contributed by atoms with Crippen molar-refractivity contribution in [3.8, 4) is 0 Å². The molecule has 1 aliphatic heterocycles. The topological polar surface area (TPSA) is 41.1 Å². The van der Waals surface area contributed by atoms with E-state index < -0.39 is 0 Å². The molecule has 1 heterocycles. The van der Waals surface area contributed by atoms with E-state index >= 15 is 0 Å². The maximum absolute atomic E-state index is 12.1. The van der Waals surface area contributed by atoms with Crippen molar-refractivity contribution in [2.24, 2.45) is 5.92 Å². The monoisotopic (exact) mass is 244 g/mol. The third kappa shape index (κ3) is 1.83. The zero-order chi connectivity index (χ0) is 12.7. The molecule has 0 saturated heterocycles. The number of carbonyl (C=O) groups is 1. The van der Waals surface area contributed by atoms with Gasteiger partial charge in [-0.15, -0.1) is 0 Å². The van der Waals surface area contributed by atoms with Crippen LogP contribution in [0.15, 0.2) is 12.1 Å². The van der Waals surface area contributed by atoms with Crippen molar-refractivity contribution < 1.29 is 4.79 Å². The van der Waals surface area contributed by atoms with Crippen LogP contribution in [-0.4, -0.2) is 12.5 Å². The van der Waals surface area contributed by atoms with Crippen LogP contribution >= 0.6 is 0 Å². The summed E-state index contributed by atoms with van der Waals surface area (Å²) in [6, 6.07) is 4.02. The van der Waals surface area contributed by atoms with Gasteiger partial charge in [-0.2, -0.15) is 0 Å². The van der Waals surface area contributed by atoms with Gasteiger partial charge in [0.15, 0.2) is 0 Å². The van der Waals surface area contributed by atoms with Crippen LogP contribution in [0.1, 0.15) is 42.0 Å². The standard InChI is InChI=1S/C15H20N2O/c1-9-6-7-10(2)13-12(9)14(15(18)17-13)16-8-11-4-3-5-11/h6-7,11,14,16H,3-5,8H2,1-2H3,(H,17,18). The average Bonchev–Trinajstić information content (AvgIpc) is 2.61. The highest BCUT2D eigenvalue weighted by Crippen LogP contribution is 2.36. The fraction of sp³-hybridized carbons (Fsp3) is 0.533. The van der Waals surface area contributed by atoms with E-state index in [1.807, 2.05) is 6.92 Å². The quantitative estimate of drug-likeness (QED) is 0.858. The normalized spacial score (nSPS) is 22.6. The molecule has 96 valence electrons. The van der Waals surface area contributed by atoms with Crippen molar-refractivity contribution in [3.05, 3.63) is 28.8 Å². The van der Waals surface area contributed by atoms with E-state index in [9.17, 15) is 4.79 Å². The molecule has 1 atom stereocenters. The van der Waals surface area contributed by atoms with E-state index in [2.05, 4.69) is 29.7 Å². The van der Waals surface area contributed by atoms with Gasteiger partial charge in [0.25, 0.3) is 0 Å². The number of hydrogen-bond donors (Lipinski definition) is 2. The highest BCUT2D eigenvalue weighted by molar-refractivity contribution is 6.03. The maximum atomic E-state index is 12.1. The summed E-state index contributed by atoms with van der Waals surface area (Å²) in [6.45, 7) is 5.09. The second-order valence-electron chi connectivity index (χ2n) is 5.62. The van der Waals surface area contributed by atoms with Crippen LogP contribution in [0.25, 0.3) is 0 Å². The van der Waals surface area contributed by atoms with Crippen LogP contribution in [0.5, 0.6) is 0 Å². The van der Waals surface area contributed by atoms with Crippen LogP contribution < -0.4 is 10.6 Å². The molecule has 0 bridgehead atoms. The minimum Gasteiger partial charge on any atom is -0.324 e. The summed E-state index contributed by atoms with van der Waals surface area (Å²) in [7, 11) is 0. The lowest BCUT2D eigenvalue weighted by atomic mass is 9.85. The first-order valence-electron chi connectivity index (χ1n) is 6.81. The van der Waals surface area contributed by atoms with Gasteiger partial charge >= 0.3 is 0 Å². The minimum atomic E-state index is -0.152. The molecule has 18 heavy (non-hydrogen) atoms. The van der Waals surface area contributed by atoms with Crippen molar-refractivity contribution >= 4 is 11.6 Å². The van der Waals surface area contributed by atoms with E-state index in [0.717, 1.165) is 29.3 Å². The molecule has 1 aliphatic carbocycles. The van der Waals surface area contributed by atoms with Gasteiger partial charge in [-0.3, -0.25) is 4.79 Å². The first-order valence-corrected chi connectivity index (χ1v) is 6.81. The SMILES string of the molecule is Cc1ccc(C)c2c1NC(=O)C2NCC1CCC1. The number of aryl methyl sites for hydroxylation is 2. The summed E-state index contributed by atoms with van der Waals surface area (Å²) in [5.74, 6) is 0.869. The first kappa shape index (κ1) is 11.7. The van der Waals surface area contributed by atoms with Crippen LogP contribution in [0.4, 0.5) is 5.69 Å². The predicted molar refractivity (Wildman–Crippen MR) is 72.6 cm³/mol.